The van der Waals surface area contributed by atoms with E-state index in [0.717, 1.165) is 47.7 Å². The summed E-state index contributed by atoms with van der Waals surface area (Å²) in [4.78, 5) is 7.49. The van der Waals surface area contributed by atoms with E-state index in [1.54, 1.807) is 29.7 Å². The lowest BCUT2D eigenvalue weighted by Gasteiger charge is -2.25. The molecule has 0 radical (unpaired) electrons. The highest BCUT2D eigenvalue weighted by molar-refractivity contribution is 7.20. The molecule has 108 valence electrons. The summed E-state index contributed by atoms with van der Waals surface area (Å²) in [7, 11) is 0. The van der Waals surface area contributed by atoms with Gasteiger partial charge in [0.1, 0.15) is 5.75 Å². The number of phenols is 1. The van der Waals surface area contributed by atoms with Gasteiger partial charge in [-0.3, -0.25) is 0 Å². The lowest BCUT2D eigenvalue weighted by atomic mass is 10.1. The summed E-state index contributed by atoms with van der Waals surface area (Å²) in [5.41, 5.74) is 1.79. The highest BCUT2D eigenvalue weighted by atomic mass is 32.1. The highest BCUT2D eigenvalue weighted by Crippen LogP contribution is 2.29. The average molecular weight is 302 g/mol. The van der Waals surface area contributed by atoms with E-state index in [4.69, 9.17) is 4.74 Å². The molecule has 21 heavy (non-hydrogen) atoms. The molecule has 6 nitrogen and oxygen atoms in total. The first kappa shape index (κ1) is 12.6. The van der Waals surface area contributed by atoms with Crippen molar-refractivity contribution in [2.24, 2.45) is 0 Å². The van der Waals surface area contributed by atoms with Crippen LogP contribution in [0.15, 0.2) is 30.5 Å². The number of phenolic OH excluding ortho intramolecular Hbond substituents is 1. The zero-order valence-electron chi connectivity index (χ0n) is 11.3. The zero-order valence-corrected chi connectivity index (χ0v) is 12.1. The van der Waals surface area contributed by atoms with Gasteiger partial charge in [-0.05, 0) is 12.1 Å². The molecule has 1 saturated heterocycles. The second-order valence-corrected chi connectivity index (χ2v) is 5.81. The van der Waals surface area contributed by atoms with Crippen LogP contribution in [0.3, 0.4) is 0 Å². The van der Waals surface area contributed by atoms with E-state index in [0.29, 0.717) is 0 Å². The van der Waals surface area contributed by atoms with Gasteiger partial charge in [0.05, 0.1) is 25.1 Å². The second kappa shape index (κ2) is 5.01. The maximum Gasteiger partial charge on any atom is 0.214 e. The van der Waals surface area contributed by atoms with Crippen molar-refractivity contribution in [3.63, 3.8) is 0 Å². The van der Waals surface area contributed by atoms with E-state index in [1.165, 1.54) is 0 Å². The van der Waals surface area contributed by atoms with Crippen LogP contribution in [0.4, 0.5) is 5.13 Å². The van der Waals surface area contributed by atoms with E-state index < -0.39 is 0 Å². The van der Waals surface area contributed by atoms with Crippen LogP contribution < -0.4 is 4.90 Å². The Morgan fingerprint density at radius 1 is 1.24 bits per heavy atom. The van der Waals surface area contributed by atoms with E-state index in [-0.39, 0.29) is 5.75 Å². The third-order valence-corrected chi connectivity index (χ3v) is 4.48. The van der Waals surface area contributed by atoms with Gasteiger partial charge in [-0.15, -0.1) is 5.10 Å². The summed E-state index contributed by atoms with van der Waals surface area (Å²) in [5.74, 6) is 0.242. The van der Waals surface area contributed by atoms with E-state index in [1.807, 2.05) is 16.6 Å². The monoisotopic (exact) mass is 302 g/mol. The van der Waals surface area contributed by atoms with Crippen molar-refractivity contribution in [2.75, 3.05) is 31.2 Å². The highest BCUT2D eigenvalue weighted by Gasteiger charge is 2.18. The number of morpholine rings is 1. The van der Waals surface area contributed by atoms with Gasteiger partial charge < -0.3 is 14.7 Å². The van der Waals surface area contributed by atoms with Crippen molar-refractivity contribution in [1.82, 2.24) is 14.6 Å². The summed E-state index contributed by atoms with van der Waals surface area (Å²) < 4.78 is 7.21. The van der Waals surface area contributed by atoms with Gasteiger partial charge in [0.2, 0.25) is 10.1 Å². The number of fused-ring (bicyclic) bond motifs is 1. The van der Waals surface area contributed by atoms with Crippen molar-refractivity contribution < 1.29 is 9.84 Å². The van der Waals surface area contributed by atoms with Crippen LogP contribution in [-0.2, 0) is 4.74 Å². The van der Waals surface area contributed by atoms with Gasteiger partial charge in [0.15, 0.2) is 0 Å². The van der Waals surface area contributed by atoms with Crippen LogP contribution in [0.2, 0.25) is 0 Å². The van der Waals surface area contributed by atoms with Crippen LogP contribution in [0.5, 0.6) is 5.75 Å². The van der Waals surface area contributed by atoms with E-state index in [2.05, 4.69) is 15.0 Å². The molecule has 2 aromatic heterocycles. The minimum atomic E-state index is 0.242. The Morgan fingerprint density at radius 2 is 2.10 bits per heavy atom. The lowest BCUT2D eigenvalue weighted by Crippen LogP contribution is -2.36. The molecule has 1 aliphatic rings. The van der Waals surface area contributed by atoms with Crippen LogP contribution in [0.1, 0.15) is 0 Å². The Bertz CT molecular complexity index is 776. The average Bonchev–Trinajstić information content (AvgIpc) is 3.08. The Balaban J connectivity index is 1.75. The number of aromatic hydroxyl groups is 1. The number of imidazole rings is 1. The molecule has 1 aliphatic heterocycles. The second-order valence-electron chi connectivity index (χ2n) is 4.87. The Hall–Kier alpha value is -2.12. The van der Waals surface area contributed by atoms with Crippen LogP contribution in [-0.4, -0.2) is 46.0 Å². The van der Waals surface area contributed by atoms with Crippen LogP contribution in [0, 0.1) is 0 Å². The first-order chi connectivity index (χ1) is 10.3. The minimum absolute atomic E-state index is 0.242. The molecular weight excluding hydrogens is 288 g/mol. The SMILES string of the molecule is Oc1cccc(-c2cnc3sc(N4CCOCC4)nn23)c1. The number of nitrogens with zero attached hydrogens (tertiary/aromatic N) is 4. The molecule has 4 rings (SSSR count). The molecule has 0 unspecified atom stereocenters. The Labute approximate surface area is 125 Å². The molecule has 0 atom stereocenters. The lowest BCUT2D eigenvalue weighted by molar-refractivity contribution is 0.122. The predicted molar refractivity (Wildman–Crippen MR) is 81.0 cm³/mol. The first-order valence-electron chi connectivity index (χ1n) is 6.78. The Kier molecular flexibility index (Phi) is 3.01. The maximum atomic E-state index is 9.62. The van der Waals surface area contributed by atoms with Gasteiger partial charge in [0, 0.05) is 18.7 Å². The number of aromatic nitrogens is 3. The summed E-state index contributed by atoms with van der Waals surface area (Å²) in [6.07, 6.45) is 1.79. The van der Waals surface area contributed by atoms with Crippen LogP contribution >= 0.6 is 11.3 Å². The largest absolute Gasteiger partial charge is 0.508 e. The molecule has 0 aliphatic carbocycles. The summed E-state index contributed by atoms with van der Waals surface area (Å²) >= 11 is 1.57. The van der Waals surface area contributed by atoms with Gasteiger partial charge in [-0.25, -0.2) is 9.50 Å². The normalized spacial score (nSPS) is 15.7. The topological polar surface area (TPSA) is 62.9 Å². The molecule has 0 spiro atoms. The number of rotatable bonds is 2. The fourth-order valence-corrected chi connectivity index (χ4v) is 3.36. The number of benzene rings is 1. The van der Waals surface area contributed by atoms with E-state index in [9.17, 15) is 5.11 Å². The molecule has 1 N–H and O–H groups in total. The van der Waals surface area contributed by atoms with Crippen molar-refractivity contribution in [2.45, 2.75) is 0 Å². The Morgan fingerprint density at radius 3 is 2.90 bits per heavy atom. The number of hydrogen-bond donors (Lipinski definition) is 1. The molecular formula is C14H14N4O2S. The quantitative estimate of drug-likeness (QED) is 0.784. The number of anilines is 1. The molecule has 7 heteroatoms. The van der Waals surface area contributed by atoms with E-state index >= 15 is 0 Å². The molecule has 0 bridgehead atoms. The summed E-state index contributed by atoms with van der Waals surface area (Å²) in [6, 6.07) is 7.13. The molecule has 0 amide bonds. The van der Waals surface area contributed by atoms with Crippen molar-refractivity contribution >= 4 is 21.4 Å². The van der Waals surface area contributed by atoms with Crippen molar-refractivity contribution in [1.29, 1.82) is 0 Å². The standard InChI is InChI=1S/C14H14N4O2S/c19-11-3-1-2-10(8-11)12-9-15-13-18(12)16-14(21-13)17-4-6-20-7-5-17/h1-3,8-9,19H,4-7H2. The van der Waals surface area contributed by atoms with Gasteiger partial charge in [-0.1, -0.05) is 23.5 Å². The summed E-state index contributed by atoms with van der Waals surface area (Å²) in [6.45, 7) is 3.19. The molecule has 0 saturated carbocycles. The third-order valence-electron chi connectivity index (χ3n) is 3.50. The molecule has 1 aromatic carbocycles. The molecule has 1 fully saturated rings. The smallest absolute Gasteiger partial charge is 0.214 e. The molecule has 3 heterocycles. The number of ether oxygens (including phenoxy) is 1. The van der Waals surface area contributed by atoms with Gasteiger partial charge in [0.25, 0.3) is 0 Å². The van der Waals surface area contributed by atoms with Gasteiger partial charge in [-0.2, -0.15) is 0 Å². The van der Waals surface area contributed by atoms with Crippen molar-refractivity contribution in [3.8, 4) is 17.0 Å². The number of hydrogen-bond acceptors (Lipinski definition) is 6. The molecule has 3 aromatic rings. The predicted octanol–water partition coefficient (Wildman–Crippen LogP) is 2.00. The van der Waals surface area contributed by atoms with Crippen LogP contribution in [0.25, 0.3) is 16.2 Å². The minimum Gasteiger partial charge on any atom is -0.508 e. The fraction of sp³-hybridized carbons (Fsp3) is 0.286. The first-order valence-corrected chi connectivity index (χ1v) is 7.59. The third kappa shape index (κ3) is 2.24. The van der Waals surface area contributed by atoms with Crippen molar-refractivity contribution in [3.05, 3.63) is 30.5 Å². The summed E-state index contributed by atoms with van der Waals surface area (Å²) in [5, 5.41) is 15.2. The zero-order chi connectivity index (χ0) is 14.2. The fourth-order valence-electron chi connectivity index (χ4n) is 2.43. The van der Waals surface area contributed by atoms with Gasteiger partial charge >= 0.3 is 0 Å². The maximum absolute atomic E-state index is 9.62.